The van der Waals surface area contributed by atoms with Gasteiger partial charge in [0, 0.05) is 12.3 Å². The molecule has 0 aliphatic rings. The maximum atomic E-state index is 11.2. The van der Waals surface area contributed by atoms with Crippen LogP contribution in [-0.4, -0.2) is 43.6 Å². The first-order valence-corrected chi connectivity index (χ1v) is 6.38. The van der Waals surface area contributed by atoms with Gasteiger partial charge in [-0.3, -0.25) is 4.79 Å². The first-order chi connectivity index (χ1) is 6.39. The van der Waals surface area contributed by atoms with Crippen molar-refractivity contribution in [3.8, 4) is 0 Å². The van der Waals surface area contributed by atoms with E-state index in [1.165, 1.54) is 6.92 Å². The molecule has 0 amide bonds. The molecule has 0 spiro atoms. The summed E-state index contributed by atoms with van der Waals surface area (Å²) >= 11 is 0. The number of aliphatic carboxylic acids is 1. The summed E-state index contributed by atoms with van der Waals surface area (Å²) in [6.07, 6.45) is 0.594. The highest BCUT2D eigenvalue weighted by molar-refractivity contribution is 7.91. The van der Waals surface area contributed by atoms with E-state index in [1.807, 2.05) is 0 Å². The Bertz CT molecular complexity index is 273. The molecule has 0 rings (SSSR count). The van der Waals surface area contributed by atoms with E-state index in [0.717, 1.165) is 0 Å². The molecule has 2 N–H and O–H groups in total. The van der Waals surface area contributed by atoms with Crippen molar-refractivity contribution in [2.45, 2.75) is 26.3 Å². The smallest absolute Gasteiger partial charge is 0.320 e. The fourth-order valence-corrected chi connectivity index (χ4v) is 2.19. The first-order valence-electron chi connectivity index (χ1n) is 4.55. The average Bonchev–Trinajstić information content (AvgIpc) is 2.03. The molecule has 0 radical (unpaired) electrons. The first kappa shape index (κ1) is 13.4. The molecule has 6 heteroatoms. The molecule has 0 aromatic carbocycles. The van der Waals surface area contributed by atoms with Crippen LogP contribution >= 0.6 is 0 Å². The van der Waals surface area contributed by atoms with Crippen LogP contribution in [0.15, 0.2) is 0 Å². The number of hydrogen-bond acceptors (Lipinski definition) is 4. The third-order valence-corrected chi connectivity index (χ3v) is 3.61. The highest BCUT2D eigenvalue weighted by Gasteiger charge is 2.12. The van der Waals surface area contributed by atoms with Crippen LogP contribution in [0, 0.1) is 0 Å². The van der Waals surface area contributed by atoms with Crippen molar-refractivity contribution in [3.05, 3.63) is 0 Å². The van der Waals surface area contributed by atoms with Gasteiger partial charge >= 0.3 is 5.97 Å². The monoisotopic (exact) mass is 223 g/mol. The molecule has 0 aliphatic carbocycles. The molecule has 0 aliphatic heterocycles. The highest BCUT2D eigenvalue weighted by atomic mass is 32.2. The Morgan fingerprint density at radius 1 is 1.43 bits per heavy atom. The molecule has 0 saturated carbocycles. The second-order valence-electron chi connectivity index (χ2n) is 3.17. The molecule has 0 saturated heterocycles. The summed E-state index contributed by atoms with van der Waals surface area (Å²) in [6.45, 7) is 3.47. The summed E-state index contributed by atoms with van der Waals surface area (Å²) in [7, 11) is -3.01. The molecule has 1 unspecified atom stereocenters. The minimum atomic E-state index is -3.01. The fraction of sp³-hybridized carbons (Fsp3) is 0.875. The van der Waals surface area contributed by atoms with Crippen molar-refractivity contribution in [2.24, 2.45) is 0 Å². The van der Waals surface area contributed by atoms with Gasteiger partial charge in [-0.15, -0.1) is 0 Å². The molecule has 1 atom stereocenters. The molecule has 84 valence electrons. The second kappa shape index (κ2) is 5.98. The maximum Gasteiger partial charge on any atom is 0.320 e. The SMILES string of the molecule is CCCS(=O)(=O)CCNC(C)C(=O)O. The van der Waals surface area contributed by atoms with Gasteiger partial charge in [0.25, 0.3) is 0 Å². The lowest BCUT2D eigenvalue weighted by Crippen LogP contribution is -2.37. The topological polar surface area (TPSA) is 83.5 Å². The summed E-state index contributed by atoms with van der Waals surface area (Å²) in [6, 6.07) is -0.702. The number of sulfone groups is 1. The Kier molecular flexibility index (Phi) is 5.71. The van der Waals surface area contributed by atoms with Crippen LogP contribution < -0.4 is 5.32 Å². The molecule has 5 nitrogen and oxygen atoms in total. The van der Waals surface area contributed by atoms with Gasteiger partial charge in [0.15, 0.2) is 9.84 Å². The summed E-state index contributed by atoms with van der Waals surface area (Å²) in [5, 5.41) is 11.1. The number of carboxylic acids is 1. The van der Waals surface area contributed by atoms with Crippen molar-refractivity contribution in [1.82, 2.24) is 5.32 Å². The van der Waals surface area contributed by atoms with E-state index >= 15 is 0 Å². The van der Waals surface area contributed by atoms with Crippen LogP contribution in [-0.2, 0) is 14.6 Å². The fourth-order valence-electron chi connectivity index (χ4n) is 0.931. The zero-order valence-electron chi connectivity index (χ0n) is 8.49. The predicted molar refractivity (Wildman–Crippen MR) is 54.0 cm³/mol. The minimum Gasteiger partial charge on any atom is -0.480 e. The summed E-state index contributed by atoms with van der Waals surface area (Å²) in [4.78, 5) is 10.4. The van der Waals surface area contributed by atoms with Crippen molar-refractivity contribution in [3.63, 3.8) is 0 Å². The number of nitrogens with one attached hydrogen (secondary N) is 1. The zero-order chi connectivity index (χ0) is 11.2. The Labute approximate surface area is 84.4 Å². The molecule has 0 heterocycles. The average molecular weight is 223 g/mol. The molecule has 0 bridgehead atoms. The van der Waals surface area contributed by atoms with Crippen molar-refractivity contribution in [2.75, 3.05) is 18.1 Å². The third-order valence-electron chi connectivity index (χ3n) is 1.75. The van der Waals surface area contributed by atoms with Gasteiger partial charge < -0.3 is 10.4 Å². The molecular formula is C8H17NO4S. The number of carbonyl (C=O) groups is 1. The molecule has 0 fully saturated rings. The minimum absolute atomic E-state index is 0.00153. The van der Waals surface area contributed by atoms with Crippen molar-refractivity contribution < 1.29 is 18.3 Å². The van der Waals surface area contributed by atoms with E-state index in [-0.39, 0.29) is 18.1 Å². The second-order valence-corrected chi connectivity index (χ2v) is 5.47. The van der Waals surface area contributed by atoms with Gasteiger partial charge in [-0.1, -0.05) is 6.92 Å². The van der Waals surface area contributed by atoms with Gasteiger partial charge in [-0.2, -0.15) is 0 Å². The van der Waals surface area contributed by atoms with E-state index in [0.29, 0.717) is 6.42 Å². The maximum absolute atomic E-state index is 11.2. The standard InChI is InChI=1S/C8H17NO4S/c1-3-5-14(12,13)6-4-9-7(2)8(10)11/h7,9H,3-6H2,1-2H3,(H,10,11). The summed E-state index contributed by atoms with van der Waals surface area (Å²) in [5.74, 6) is -0.813. The lowest BCUT2D eigenvalue weighted by molar-refractivity contribution is -0.138. The lowest BCUT2D eigenvalue weighted by atomic mass is 10.3. The van der Waals surface area contributed by atoms with Crippen LogP contribution in [0.25, 0.3) is 0 Å². The van der Waals surface area contributed by atoms with Gasteiger partial charge in [-0.25, -0.2) is 8.42 Å². The number of carboxylic acid groups (broad SMARTS) is 1. The Hall–Kier alpha value is -0.620. The van der Waals surface area contributed by atoms with E-state index in [1.54, 1.807) is 6.92 Å². The lowest BCUT2D eigenvalue weighted by Gasteiger charge is -2.08. The highest BCUT2D eigenvalue weighted by Crippen LogP contribution is 1.92. The van der Waals surface area contributed by atoms with Gasteiger partial charge in [-0.05, 0) is 13.3 Å². The van der Waals surface area contributed by atoms with Crippen LogP contribution in [0.5, 0.6) is 0 Å². The number of rotatable bonds is 7. The molecule has 0 aromatic rings. The van der Waals surface area contributed by atoms with E-state index in [2.05, 4.69) is 5.32 Å². The predicted octanol–water partition coefficient (Wildman–Crippen LogP) is -0.126. The Balaban J connectivity index is 3.79. The van der Waals surface area contributed by atoms with Gasteiger partial charge in [0.2, 0.25) is 0 Å². The van der Waals surface area contributed by atoms with Crippen molar-refractivity contribution >= 4 is 15.8 Å². The zero-order valence-corrected chi connectivity index (χ0v) is 9.30. The van der Waals surface area contributed by atoms with Crippen molar-refractivity contribution in [1.29, 1.82) is 0 Å². The quantitative estimate of drug-likeness (QED) is 0.628. The van der Waals surface area contributed by atoms with Crippen LogP contribution in [0.3, 0.4) is 0 Å². The van der Waals surface area contributed by atoms with E-state index < -0.39 is 21.8 Å². The van der Waals surface area contributed by atoms with Gasteiger partial charge in [0.1, 0.15) is 6.04 Å². The van der Waals surface area contributed by atoms with Crippen LogP contribution in [0.1, 0.15) is 20.3 Å². The van der Waals surface area contributed by atoms with Crippen LogP contribution in [0.4, 0.5) is 0 Å². The Morgan fingerprint density at radius 2 is 2.00 bits per heavy atom. The number of hydrogen-bond donors (Lipinski definition) is 2. The summed E-state index contributed by atoms with van der Waals surface area (Å²) < 4.78 is 22.4. The normalized spacial score (nSPS) is 13.9. The van der Waals surface area contributed by atoms with E-state index in [4.69, 9.17) is 5.11 Å². The Morgan fingerprint density at radius 3 is 2.43 bits per heavy atom. The molecular weight excluding hydrogens is 206 g/mol. The third kappa shape index (κ3) is 5.93. The summed E-state index contributed by atoms with van der Waals surface area (Å²) in [5.41, 5.74) is 0. The van der Waals surface area contributed by atoms with Gasteiger partial charge in [0.05, 0.1) is 5.75 Å². The van der Waals surface area contributed by atoms with E-state index in [9.17, 15) is 13.2 Å². The molecule has 0 aromatic heterocycles. The molecule has 14 heavy (non-hydrogen) atoms. The van der Waals surface area contributed by atoms with Crippen LogP contribution in [0.2, 0.25) is 0 Å². The largest absolute Gasteiger partial charge is 0.480 e.